The van der Waals surface area contributed by atoms with Gasteiger partial charge in [0.15, 0.2) is 5.43 Å². The molecule has 9 heteroatoms. The number of aromatic nitrogens is 2. The van der Waals surface area contributed by atoms with Crippen molar-refractivity contribution < 1.29 is 9.21 Å². The molecule has 5 rings (SSSR count). The Hall–Kier alpha value is -3.82. The maximum Gasteiger partial charge on any atom is 0.240 e. The van der Waals surface area contributed by atoms with Gasteiger partial charge in [0.05, 0.1) is 23.7 Å². The smallest absolute Gasteiger partial charge is 0.240 e. The predicted molar refractivity (Wildman–Crippen MR) is 144 cm³/mol. The number of nitrogens with one attached hydrogen (secondary N) is 1. The molecule has 3 N–H and O–H groups in total. The van der Waals surface area contributed by atoms with E-state index in [1.54, 1.807) is 6.26 Å². The molecule has 0 spiro atoms. The van der Waals surface area contributed by atoms with E-state index in [0.29, 0.717) is 41.3 Å². The zero-order valence-electron chi connectivity index (χ0n) is 21.2. The highest BCUT2D eigenvalue weighted by atomic mass is 16.3. The molecule has 0 radical (unpaired) electrons. The number of rotatable bonds is 8. The second kappa shape index (κ2) is 10.7. The van der Waals surface area contributed by atoms with Crippen molar-refractivity contribution in [1.29, 1.82) is 0 Å². The monoisotopic (exact) mass is 500 g/mol. The van der Waals surface area contributed by atoms with E-state index >= 15 is 0 Å². The number of hydrogen-bond acceptors (Lipinski definition) is 8. The summed E-state index contributed by atoms with van der Waals surface area (Å²) >= 11 is 0. The summed E-state index contributed by atoms with van der Waals surface area (Å²) in [7, 11) is 0. The van der Waals surface area contributed by atoms with Crippen molar-refractivity contribution in [2.75, 3.05) is 31.5 Å². The minimum absolute atomic E-state index is 0.0211. The van der Waals surface area contributed by atoms with E-state index in [2.05, 4.69) is 15.1 Å². The normalized spacial score (nSPS) is 15.9. The summed E-state index contributed by atoms with van der Waals surface area (Å²) in [6, 6.07) is 14.6. The van der Waals surface area contributed by atoms with Crippen LogP contribution in [-0.4, -0.2) is 57.9 Å². The maximum atomic E-state index is 12.9. The molecule has 2 aromatic carbocycles. The predicted octanol–water partition coefficient (Wildman–Crippen LogP) is 2.98. The third-order valence-electron chi connectivity index (χ3n) is 6.89. The summed E-state index contributed by atoms with van der Waals surface area (Å²) in [6.45, 7) is 8.35. The van der Waals surface area contributed by atoms with Crippen LogP contribution in [0.3, 0.4) is 0 Å². The number of hydrogen-bond donors (Lipinski definition) is 2. The average Bonchev–Trinajstić information content (AvgIpc) is 2.89. The van der Waals surface area contributed by atoms with Crippen molar-refractivity contribution in [2.24, 2.45) is 11.7 Å². The van der Waals surface area contributed by atoms with Gasteiger partial charge in [-0.2, -0.15) is 0 Å². The fourth-order valence-corrected chi connectivity index (χ4v) is 4.79. The van der Waals surface area contributed by atoms with E-state index in [4.69, 9.17) is 20.1 Å². The van der Waals surface area contributed by atoms with Crippen molar-refractivity contribution in [3.8, 4) is 0 Å². The molecular formula is C28H32N6O3. The molecule has 0 saturated carbocycles. The number of amides is 1. The average molecular weight is 501 g/mol. The number of carbonyl (C=O) groups is 1. The number of para-hydroxylation sites is 2. The Labute approximate surface area is 215 Å². The Morgan fingerprint density at radius 3 is 2.32 bits per heavy atom. The van der Waals surface area contributed by atoms with E-state index in [-0.39, 0.29) is 11.3 Å². The lowest BCUT2D eigenvalue weighted by Gasteiger charge is -2.34. The molecule has 1 saturated heterocycles. The summed E-state index contributed by atoms with van der Waals surface area (Å²) in [5.74, 6) is 0.931. The lowest BCUT2D eigenvalue weighted by Crippen LogP contribution is -2.46. The highest BCUT2D eigenvalue weighted by molar-refractivity contribution is 5.92. The highest BCUT2D eigenvalue weighted by Crippen LogP contribution is 2.23. The van der Waals surface area contributed by atoms with Crippen LogP contribution < -0.4 is 16.5 Å². The van der Waals surface area contributed by atoms with Gasteiger partial charge in [-0.1, -0.05) is 38.1 Å². The third kappa shape index (κ3) is 5.47. The standard InChI is InChI=1S/C28H32N6O3/c1-18(2)25(27(29)36)32-28-20-7-3-5-9-22(20)30-24(31-28)16-34-13-11-33(12-14-34)15-19-17-37-23-10-6-4-8-21(23)26(19)35/h3-10,17-18,25H,11-16H2,1-2H3,(H2,29,36)(H,30,31,32)/t25-/m0/s1. The topological polar surface area (TPSA) is 118 Å². The number of primary amides is 1. The maximum absolute atomic E-state index is 12.9. The van der Waals surface area contributed by atoms with Crippen molar-refractivity contribution in [3.05, 3.63) is 76.4 Å². The van der Waals surface area contributed by atoms with Crippen LogP contribution in [0.15, 0.2) is 64.0 Å². The van der Waals surface area contributed by atoms with E-state index < -0.39 is 11.9 Å². The molecule has 0 aliphatic carbocycles. The molecule has 192 valence electrons. The van der Waals surface area contributed by atoms with Crippen LogP contribution in [0, 0.1) is 5.92 Å². The molecule has 9 nitrogen and oxygen atoms in total. The quantitative estimate of drug-likeness (QED) is 0.379. The van der Waals surface area contributed by atoms with Crippen molar-refractivity contribution >= 4 is 33.6 Å². The van der Waals surface area contributed by atoms with Crippen LogP contribution >= 0.6 is 0 Å². The van der Waals surface area contributed by atoms with Crippen molar-refractivity contribution in [2.45, 2.75) is 33.0 Å². The van der Waals surface area contributed by atoms with E-state index in [1.807, 2.05) is 62.4 Å². The van der Waals surface area contributed by atoms with Gasteiger partial charge in [-0.05, 0) is 30.2 Å². The molecule has 1 amide bonds. The Morgan fingerprint density at radius 1 is 0.973 bits per heavy atom. The number of anilines is 1. The van der Waals surface area contributed by atoms with Crippen molar-refractivity contribution in [1.82, 2.24) is 19.8 Å². The van der Waals surface area contributed by atoms with Gasteiger partial charge in [-0.15, -0.1) is 0 Å². The first-order chi connectivity index (χ1) is 17.9. The van der Waals surface area contributed by atoms with E-state index in [1.165, 1.54) is 0 Å². The summed E-state index contributed by atoms with van der Waals surface area (Å²) in [6.07, 6.45) is 1.59. The molecule has 37 heavy (non-hydrogen) atoms. The lowest BCUT2D eigenvalue weighted by molar-refractivity contribution is -0.119. The SMILES string of the molecule is CC(C)[C@H](Nc1nc(CN2CCN(Cc3coc4ccccc4c3=O)CC2)nc2ccccc12)C(N)=O. The van der Waals surface area contributed by atoms with Gasteiger partial charge < -0.3 is 15.5 Å². The van der Waals surface area contributed by atoms with Gasteiger partial charge >= 0.3 is 0 Å². The number of benzene rings is 2. The fraction of sp³-hybridized carbons (Fsp3) is 0.357. The molecule has 0 unspecified atom stereocenters. The summed E-state index contributed by atoms with van der Waals surface area (Å²) in [4.78, 5) is 39.0. The van der Waals surface area contributed by atoms with Gasteiger partial charge in [0.1, 0.15) is 23.3 Å². The Balaban J connectivity index is 1.27. The second-order valence-corrected chi connectivity index (χ2v) is 9.91. The van der Waals surface area contributed by atoms with Gasteiger partial charge in [-0.25, -0.2) is 9.97 Å². The summed E-state index contributed by atoms with van der Waals surface area (Å²) in [5.41, 5.74) is 7.78. The number of piperazine rings is 1. The van der Waals surface area contributed by atoms with Gasteiger partial charge in [-0.3, -0.25) is 19.4 Å². The summed E-state index contributed by atoms with van der Waals surface area (Å²) in [5, 5.41) is 4.74. The fourth-order valence-electron chi connectivity index (χ4n) is 4.79. The van der Waals surface area contributed by atoms with Crippen molar-refractivity contribution in [3.63, 3.8) is 0 Å². The Morgan fingerprint density at radius 2 is 1.62 bits per heavy atom. The van der Waals surface area contributed by atoms with Crippen LogP contribution in [0.1, 0.15) is 25.2 Å². The second-order valence-electron chi connectivity index (χ2n) is 9.91. The molecule has 3 heterocycles. The van der Waals surface area contributed by atoms with E-state index in [9.17, 15) is 9.59 Å². The van der Waals surface area contributed by atoms with Crippen LogP contribution in [0.5, 0.6) is 0 Å². The minimum Gasteiger partial charge on any atom is -0.464 e. The largest absolute Gasteiger partial charge is 0.464 e. The molecule has 0 bridgehead atoms. The molecule has 1 aliphatic heterocycles. The van der Waals surface area contributed by atoms with Crippen LogP contribution in [0.25, 0.3) is 21.9 Å². The number of carbonyl (C=O) groups excluding carboxylic acids is 1. The van der Waals surface area contributed by atoms with Crippen LogP contribution in [0.2, 0.25) is 0 Å². The molecule has 1 aliphatic rings. The molecule has 2 aromatic heterocycles. The highest BCUT2D eigenvalue weighted by Gasteiger charge is 2.23. The number of nitrogens with two attached hydrogens (primary N) is 1. The first-order valence-corrected chi connectivity index (χ1v) is 12.6. The zero-order valence-corrected chi connectivity index (χ0v) is 21.2. The van der Waals surface area contributed by atoms with Crippen LogP contribution in [0.4, 0.5) is 5.82 Å². The molecular weight excluding hydrogens is 468 g/mol. The minimum atomic E-state index is -0.526. The molecule has 1 atom stereocenters. The van der Waals surface area contributed by atoms with Gasteiger partial charge in [0.25, 0.3) is 0 Å². The zero-order chi connectivity index (χ0) is 25.9. The van der Waals surface area contributed by atoms with Crippen LogP contribution in [-0.2, 0) is 17.9 Å². The third-order valence-corrected chi connectivity index (χ3v) is 6.89. The van der Waals surface area contributed by atoms with Gasteiger partial charge in [0, 0.05) is 43.7 Å². The lowest BCUT2D eigenvalue weighted by atomic mass is 10.0. The summed E-state index contributed by atoms with van der Waals surface area (Å²) < 4.78 is 5.68. The van der Waals surface area contributed by atoms with E-state index in [0.717, 1.165) is 37.1 Å². The first-order valence-electron chi connectivity index (χ1n) is 12.6. The molecule has 4 aromatic rings. The molecule has 1 fully saturated rings. The number of fused-ring (bicyclic) bond motifs is 2. The Kier molecular flexibility index (Phi) is 7.16. The first kappa shape index (κ1) is 24.9. The Bertz CT molecular complexity index is 1480. The number of nitrogens with zero attached hydrogens (tertiary/aromatic N) is 4. The van der Waals surface area contributed by atoms with Gasteiger partial charge in [0.2, 0.25) is 5.91 Å².